The molecular formula is C13H18F2N2OS. The molecule has 0 atom stereocenters. The Morgan fingerprint density at radius 2 is 1.89 bits per heavy atom. The Balaban J connectivity index is 3.19. The number of rotatable bonds is 6. The lowest BCUT2D eigenvalue weighted by molar-refractivity contribution is 0.288. The van der Waals surface area contributed by atoms with Gasteiger partial charge in [-0.25, -0.2) is 8.78 Å². The molecule has 0 fully saturated rings. The van der Waals surface area contributed by atoms with Crippen molar-refractivity contribution in [3.63, 3.8) is 0 Å². The third-order valence-corrected chi connectivity index (χ3v) is 3.00. The van der Waals surface area contributed by atoms with Gasteiger partial charge in [0.15, 0.2) is 0 Å². The van der Waals surface area contributed by atoms with Crippen LogP contribution in [0.5, 0.6) is 0 Å². The molecule has 0 radical (unpaired) electrons. The standard InChI is InChI=1S/C13H18F2N2OS/c1-8(2)17(4-3-5-18)12-10(14)6-9(13(16)19)7-11(12)15/h6-8,18H,3-5H2,1-2H3,(H2,16,19). The fourth-order valence-electron chi connectivity index (χ4n) is 1.85. The van der Waals surface area contributed by atoms with E-state index in [1.165, 1.54) is 0 Å². The second-order valence-corrected chi connectivity index (χ2v) is 4.96. The van der Waals surface area contributed by atoms with Crippen LogP contribution in [0.1, 0.15) is 25.8 Å². The number of benzene rings is 1. The average molecular weight is 288 g/mol. The Bertz CT molecular complexity index is 443. The summed E-state index contributed by atoms with van der Waals surface area (Å²) in [5, 5.41) is 8.85. The first kappa shape index (κ1) is 15.8. The maximum absolute atomic E-state index is 14.0. The average Bonchev–Trinajstić information content (AvgIpc) is 2.31. The van der Waals surface area contributed by atoms with Crippen LogP contribution in [0.25, 0.3) is 0 Å². The van der Waals surface area contributed by atoms with Crippen molar-refractivity contribution >= 4 is 22.9 Å². The molecule has 0 aliphatic carbocycles. The van der Waals surface area contributed by atoms with Crippen molar-refractivity contribution in [3.05, 3.63) is 29.3 Å². The number of anilines is 1. The molecule has 1 aromatic carbocycles. The van der Waals surface area contributed by atoms with E-state index in [-0.39, 0.29) is 28.9 Å². The van der Waals surface area contributed by atoms with Gasteiger partial charge in [-0.05, 0) is 32.4 Å². The predicted octanol–water partition coefficient (Wildman–Crippen LogP) is 2.20. The number of thiocarbonyl (C=S) groups is 1. The molecule has 3 N–H and O–H groups in total. The Hall–Kier alpha value is -1.27. The summed E-state index contributed by atoms with van der Waals surface area (Å²) < 4.78 is 28.1. The monoisotopic (exact) mass is 288 g/mol. The van der Waals surface area contributed by atoms with E-state index in [1.807, 2.05) is 13.8 Å². The van der Waals surface area contributed by atoms with Crippen LogP contribution in [0.3, 0.4) is 0 Å². The van der Waals surface area contributed by atoms with Crippen molar-refractivity contribution in [3.8, 4) is 0 Å². The topological polar surface area (TPSA) is 49.5 Å². The largest absolute Gasteiger partial charge is 0.396 e. The third kappa shape index (κ3) is 3.84. The molecule has 0 amide bonds. The van der Waals surface area contributed by atoms with Crippen molar-refractivity contribution in [1.82, 2.24) is 0 Å². The van der Waals surface area contributed by atoms with Gasteiger partial charge in [-0.1, -0.05) is 12.2 Å². The summed E-state index contributed by atoms with van der Waals surface area (Å²) in [6, 6.07) is 2.18. The lowest BCUT2D eigenvalue weighted by Crippen LogP contribution is -2.34. The Morgan fingerprint density at radius 1 is 1.37 bits per heavy atom. The number of nitrogens with two attached hydrogens (primary N) is 1. The predicted molar refractivity (Wildman–Crippen MR) is 76.4 cm³/mol. The minimum atomic E-state index is -0.700. The minimum Gasteiger partial charge on any atom is -0.396 e. The zero-order valence-electron chi connectivity index (χ0n) is 11.0. The lowest BCUT2D eigenvalue weighted by atomic mass is 10.1. The Morgan fingerprint density at radius 3 is 2.26 bits per heavy atom. The van der Waals surface area contributed by atoms with E-state index in [1.54, 1.807) is 4.90 Å². The van der Waals surface area contributed by atoms with E-state index >= 15 is 0 Å². The molecule has 0 aromatic heterocycles. The van der Waals surface area contributed by atoms with Gasteiger partial charge in [0.1, 0.15) is 22.3 Å². The number of aliphatic hydroxyl groups excluding tert-OH is 1. The lowest BCUT2D eigenvalue weighted by Gasteiger charge is -2.29. The highest BCUT2D eigenvalue weighted by molar-refractivity contribution is 7.80. The van der Waals surface area contributed by atoms with E-state index in [0.29, 0.717) is 13.0 Å². The van der Waals surface area contributed by atoms with Crippen LogP contribution in [0.15, 0.2) is 12.1 Å². The molecule has 0 spiro atoms. The number of hydrogen-bond donors (Lipinski definition) is 2. The normalized spacial score (nSPS) is 10.8. The molecule has 3 nitrogen and oxygen atoms in total. The highest BCUT2D eigenvalue weighted by atomic mass is 32.1. The third-order valence-electron chi connectivity index (χ3n) is 2.77. The summed E-state index contributed by atoms with van der Waals surface area (Å²) in [6.45, 7) is 4.00. The van der Waals surface area contributed by atoms with E-state index < -0.39 is 11.6 Å². The summed E-state index contributed by atoms with van der Waals surface area (Å²) >= 11 is 4.71. The molecule has 19 heavy (non-hydrogen) atoms. The van der Waals surface area contributed by atoms with Gasteiger partial charge in [-0.3, -0.25) is 0 Å². The van der Waals surface area contributed by atoms with Crippen molar-refractivity contribution in [2.45, 2.75) is 26.3 Å². The fraction of sp³-hybridized carbons (Fsp3) is 0.462. The molecule has 1 rings (SSSR count). The van der Waals surface area contributed by atoms with Crippen LogP contribution in [-0.2, 0) is 0 Å². The minimum absolute atomic E-state index is 0.0303. The van der Waals surface area contributed by atoms with E-state index in [9.17, 15) is 8.78 Å². The van der Waals surface area contributed by atoms with Crippen molar-refractivity contribution in [2.24, 2.45) is 5.73 Å². The quantitative estimate of drug-likeness (QED) is 0.788. The zero-order valence-corrected chi connectivity index (χ0v) is 11.8. The summed E-state index contributed by atoms with van der Waals surface area (Å²) in [6.07, 6.45) is 0.439. The van der Waals surface area contributed by atoms with Crippen LogP contribution in [-0.4, -0.2) is 29.3 Å². The smallest absolute Gasteiger partial charge is 0.150 e. The van der Waals surface area contributed by atoms with Crippen molar-refractivity contribution < 1.29 is 13.9 Å². The molecule has 0 saturated carbocycles. The molecule has 6 heteroatoms. The van der Waals surface area contributed by atoms with Crippen LogP contribution in [0.2, 0.25) is 0 Å². The maximum atomic E-state index is 14.0. The number of nitrogens with zero attached hydrogens (tertiary/aromatic N) is 1. The zero-order chi connectivity index (χ0) is 14.6. The summed E-state index contributed by atoms with van der Waals surface area (Å²) in [7, 11) is 0. The highest BCUT2D eigenvalue weighted by Crippen LogP contribution is 2.27. The highest BCUT2D eigenvalue weighted by Gasteiger charge is 2.20. The SMILES string of the molecule is CC(C)N(CCCO)c1c(F)cc(C(N)=S)cc1F. The molecule has 0 heterocycles. The van der Waals surface area contributed by atoms with Crippen LogP contribution < -0.4 is 10.6 Å². The number of hydrogen-bond acceptors (Lipinski definition) is 3. The summed E-state index contributed by atoms with van der Waals surface area (Å²) in [5.74, 6) is -1.40. The molecule has 0 aliphatic rings. The first-order chi connectivity index (χ1) is 8.88. The molecule has 106 valence electrons. The van der Waals surface area contributed by atoms with Crippen molar-refractivity contribution in [1.29, 1.82) is 0 Å². The van der Waals surface area contributed by atoms with E-state index in [4.69, 9.17) is 23.1 Å². The Kier molecular flexibility index (Phi) is 5.62. The fourth-order valence-corrected chi connectivity index (χ4v) is 1.97. The molecule has 0 aliphatic heterocycles. The first-order valence-corrected chi connectivity index (χ1v) is 6.45. The molecule has 0 saturated heterocycles. The van der Waals surface area contributed by atoms with Crippen LogP contribution in [0, 0.1) is 11.6 Å². The van der Waals surface area contributed by atoms with Crippen molar-refractivity contribution in [2.75, 3.05) is 18.1 Å². The van der Waals surface area contributed by atoms with E-state index in [2.05, 4.69) is 0 Å². The number of aliphatic hydroxyl groups is 1. The van der Waals surface area contributed by atoms with Gasteiger partial charge >= 0.3 is 0 Å². The summed E-state index contributed by atoms with van der Waals surface area (Å²) in [4.78, 5) is 1.53. The van der Waals surface area contributed by atoms with Gasteiger partial charge in [-0.2, -0.15) is 0 Å². The van der Waals surface area contributed by atoms with Gasteiger partial charge in [-0.15, -0.1) is 0 Å². The van der Waals surface area contributed by atoms with Gasteiger partial charge in [0, 0.05) is 24.8 Å². The first-order valence-electron chi connectivity index (χ1n) is 6.04. The molecule has 0 unspecified atom stereocenters. The summed E-state index contributed by atoms with van der Waals surface area (Å²) in [5.41, 5.74) is 5.43. The van der Waals surface area contributed by atoms with Gasteiger partial charge < -0.3 is 15.7 Å². The second kappa shape index (κ2) is 6.77. The molecular weight excluding hydrogens is 270 g/mol. The van der Waals surface area contributed by atoms with Gasteiger partial charge in [0.25, 0.3) is 0 Å². The van der Waals surface area contributed by atoms with E-state index in [0.717, 1.165) is 12.1 Å². The van der Waals surface area contributed by atoms with Crippen LogP contribution >= 0.6 is 12.2 Å². The van der Waals surface area contributed by atoms with Gasteiger partial charge in [0.2, 0.25) is 0 Å². The molecule has 1 aromatic rings. The van der Waals surface area contributed by atoms with Gasteiger partial charge in [0.05, 0.1) is 0 Å². The number of halogens is 2. The second-order valence-electron chi connectivity index (χ2n) is 4.52. The maximum Gasteiger partial charge on any atom is 0.150 e. The van der Waals surface area contributed by atoms with Crippen LogP contribution in [0.4, 0.5) is 14.5 Å². The Labute approximate surface area is 117 Å². The molecule has 0 bridgehead atoms.